The summed E-state index contributed by atoms with van der Waals surface area (Å²) in [6, 6.07) is 14.5. The second-order valence-corrected chi connectivity index (χ2v) is 7.22. The number of nitrogens with one attached hydrogen (secondary N) is 1. The third-order valence-corrected chi connectivity index (χ3v) is 5.08. The fraction of sp³-hybridized carbons (Fsp3) is 0.143. The van der Waals surface area contributed by atoms with E-state index in [0.717, 1.165) is 11.1 Å². The second-order valence-electron chi connectivity index (χ2n) is 5.90. The maximum Gasteiger partial charge on any atom is 0.341 e. The molecule has 6 heteroatoms. The molecule has 0 saturated heterocycles. The highest BCUT2D eigenvalue weighted by atomic mass is 35.5. The summed E-state index contributed by atoms with van der Waals surface area (Å²) in [5.74, 6) is -0.739. The molecular weight excluding hydrogens is 382 g/mol. The molecule has 0 aliphatic rings. The number of ether oxygens (including phenoxy) is 1. The highest BCUT2D eigenvalue weighted by molar-refractivity contribution is 7.15. The van der Waals surface area contributed by atoms with Crippen molar-refractivity contribution >= 4 is 39.8 Å². The van der Waals surface area contributed by atoms with Crippen molar-refractivity contribution in [2.75, 3.05) is 11.9 Å². The van der Waals surface area contributed by atoms with Crippen LogP contribution in [0.25, 0.3) is 11.1 Å². The molecule has 4 nitrogen and oxygen atoms in total. The van der Waals surface area contributed by atoms with E-state index in [1.165, 1.54) is 11.3 Å². The number of carbonyl (C=O) groups is 2. The number of benzene rings is 2. The monoisotopic (exact) mass is 399 g/mol. The summed E-state index contributed by atoms with van der Waals surface area (Å²) in [5, 5.41) is 5.76. The predicted octanol–water partition coefficient (Wildman–Crippen LogP) is 5.81. The lowest BCUT2D eigenvalue weighted by Gasteiger charge is -2.09. The Morgan fingerprint density at radius 1 is 1.15 bits per heavy atom. The van der Waals surface area contributed by atoms with Crippen molar-refractivity contribution in [1.29, 1.82) is 0 Å². The number of anilines is 1. The molecule has 1 heterocycles. The molecule has 0 aliphatic heterocycles. The van der Waals surface area contributed by atoms with Crippen LogP contribution in [0.15, 0.2) is 53.9 Å². The van der Waals surface area contributed by atoms with Gasteiger partial charge in [-0.1, -0.05) is 41.4 Å². The molecule has 0 aliphatic carbocycles. The average molecular weight is 400 g/mol. The van der Waals surface area contributed by atoms with Crippen LogP contribution in [0.3, 0.4) is 0 Å². The number of hydrogen-bond acceptors (Lipinski definition) is 4. The number of hydrogen-bond donors (Lipinski definition) is 1. The van der Waals surface area contributed by atoms with Gasteiger partial charge in [-0.25, -0.2) is 4.79 Å². The summed E-state index contributed by atoms with van der Waals surface area (Å²) in [7, 11) is 0. The fourth-order valence-corrected chi connectivity index (χ4v) is 3.74. The predicted molar refractivity (Wildman–Crippen MR) is 110 cm³/mol. The van der Waals surface area contributed by atoms with E-state index in [4.69, 9.17) is 16.3 Å². The molecule has 3 rings (SSSR count). The van der Waals surface area contributed by atoms with E-state index in [-0.39, 0.29) is 12.5 Å². The lowest BCUT2D eigenvalue weighted by molar-refractivity contribution is 0.0529. The van der Waals surface area contributed by atoms with Crippen LogP contribution in [-0.4, -0.2) is 18.5 Å². The van der Waals surface area contributed by atoms with Gasteiger partial charge in [-0.05, 0) is 43.7 Å². The number of halogens is 1. The number of amides is 1. The van der Waals surface area contributed by atoms with E-state index in [1.807, 2.05) is 36.6 Å². The zero-order valence-electron chi connectivity index (χ0n) is 14.9. The largest absolute Gasteiger partial charge is 0.462 e. The fourth-order valence-electron chi connectivity index (χ4n) is 2.66. The molecule has 0 atom stereocenters. The molecule has 2 aromatic carbocycles. The standard InChI is InChI=1S/C21H18ClNO3S/c1-3-26-21(25)18-17(14-7-9-16(22)10-8-14)12-27-20(18)23-19(24)15-6-4-5-13(2)11-15/h4-12H,3H2,1-2H3,(H,23,24). The zero-order chi connectivity index (χ0) is 19.4. The van der Waals surface area contributed by atoms with Crippen molar-refractivity contribution in [2.45, 2.75) is 13.8 Å². The number of rotatable bonds is 5. The quantitative estimate of drug-likeness (QED) is 0.551. The maximum atomic E-state index is 12.6. The van der Waals surface area contributed by atoms with Crippen molar-refractivity contribution in [2.24, 2.45) is 0 Å². The van der Waals surface area contributed by atoms with Crippen LogP contribution in [0, 0.1) is 6.92 Å². The van der Waals surface area contributed by atoms with Crippen molar-refractivity contribution < 1.29 is 14.3 Å². The minimum atomic E-state index is -0.469. The molecular formula is C21H18ClNO3S. The van der Waals surface area contributed by atoms with Gasteiger partial charge in [0.15, 0.2) is 0 Å². The first-order valence-corrected chi connectivity index (χ1v) is 9.68. The molecule has 1 aromatic heterocycles. The topological polar surface area (TPSA) is 55.4 Å². The second kappa shape index (κ2) is 8.37. The number of carbonyl (C=O) groups excluding carboxylic acids is 2. The molecule has 0 unspecified atom stereocenters. The zero-order valence-corrected chi connectivity index (χ0v) is 16.5. The number of aryl methyl sites for hydroxylation is 1. The van der Waals surface area contributed by atoms with Crippen LogP contribution in [0.4, 0.5) is 5.00 Å². The van der Waals surface area contributed by atoms with E-state index in [2.05, 4.69) is 5.32 Å². The molecule has 3 aromatic rings. The number of esters is 1. The van der Waals surface area contributed by atoms with Crippen LogP contribution >= 0.6 is 22.9 Å². The van der Waals surface area contributed by atoms with Gasteiger partial charge < -0.3 is 10.1 Å². The van der Waals surface area contributed by atoms with Crippen molar-refractivity contribution in [3.05, 3.63) is 75.6 Å². The van der Waals surface area contributed by atoms with Crippen LogP contribution < -0.4 is 5.32 Å². The Hall–Kier alpha value is -2.63. The lowest BCUT2D eigenvalue weighted by Crippen LogP contribution is -2.14. The molecule has 0 radical (unpaired) electrons. The summed E-state index contributed by atoms with van der Waals surface area (Å²) in [6.45, 7) is 3.92. The van der Waals surface area contributed by atoms with Gasteiger partial charge in [0.05, 0.1) is 6.61 Å². The summed E-state index contributed by atoms with van der Waals surface area (Å²) in [6.07, 6.45) is 0. The Morgan fingerprint density at radius 2 is 1.89 bits per heavy atom. The Morgan fingerprint density at radius 3 is 2.56 bits per heavy atom. The summed E-state index contributed by atoms with van der Waals surface area (Å²) in [5.41, 5.74) is 3.40. The highest BCUT2D eigenvalue weighted by Crippen LogP contribution is 2.37. The van der Waals surface area contributed by atoms with Gasteiger partial charge in [-0.15, -0.1) is 11.3 Å². The Bertz CT molecular complexity index is 979. The van der Waals surface area contributed by atoms with Crippen molar-refractivity contribution in [3.63, 3.8) is 0 Å². The first-order chi connectivity index (χ1) is 13.0. The molecule has 138 valence electrons. The van der Waals surface area contributed by atoms with Crippen molar-refractivity contribution in [3.8, 4) is 11.1 Å². The third-order valence-electron chi connectivity index (χ3n) is 3.93. The van der Waals surface area contributed by atoms with E-state index in [9.17, 15) is 9.59 Å². The van der Waals surface area contributed by atoms with E-state index in [1.54, 1.807) is 31.2 Å². The van der Waals surface area contributed by atoms with Crippen LogP contribution in [0.1, 0.15) is 33.2 Å². The first kappa shape index (κ1) is 19.1. The van der Waals surface area contributed by atoms with Crippen LogP contribution in [-0.2, 0) is 4.74 Å². The summed E-state index contributed by atoms with van der Waals surface area (Å²) >= 11 is 7.25. The lowest BCUT2D eigenvalue weighted by atomic mass is 10.0. The van der Waals surface area contributed by atoms with E-state index >= 15 is 0 Å². The van der Waals surface area contributed by atoms with Gasteiger partial charge in [0.1, 0.15) is 10.6 Å². The van der Waals surface area contributed by atoms with Crippen LogP contribution in [0.5, 0.6) is 0 Å². The van der Waals surface area contributed by atoms with Gasteiger partial charge in [0.2, 0.25) is 0 Å². The highest BCUT2D eigenvalue weighted by Gasteiger charge is 2.23. The van der Waals surface area contributed by atoms with Crippen LogP contribution in [0.2, 0.25) is 5.02 Å². The normalized spacial score (nSPS) is 10.5. The smallest absolute Gasteiger partial charge is 0.341 e. The van der Waals surface area contributed by atoms with Crippen molar-refractivity contribution in [1.82, 2.24) is 0 Å². The maximum absolute atomic E-state index is 12.6. The molecule has 0 spiro atoms. The van der Waals surface area contributed by atoms with Gasteiger partial charge in [-0.3, -0.25) is 4.79 Å². The Labute approximate surface area is 166 Å². The third kappa shape index (κ3) is 4.38. The number of thiophene rings is 1. The Kier molecular flexibility index (Phi) is 5.94. The van der Waals surface area contributed by atoms with Gasteiger partial charge in [0.25, 0.3) is 5.91 Å². The van der Waals surface area contributed by atoms with Gasteiger partial charge in [-0.2, -0.15) is 0 Å². The molecule has 0 saturated carbocycles. The molecule has 1 amide bonds. The molecule has 27 heavy (non-hydrogen) atoms. The van der Waals surface area contributed by atoms with Gasteiger partial charge >= 0.3 is 5.97 Å². The first-order valence-electron chi connectivity index (χ1n) is 8.42. The Balaban J connectivity index is 1.98. The van der Waals surface area contributed by atoms with E-state index < -0.39 is 5.97 Å². The van der Waals surface area contributed by atoms with Gasteiger partial charge in [0, 0.05) is 21.5 Å². The molecule has 1 N–H and O–H groups in total. The summed E-state index contributed by atoms with van der Waals surface area (Å²) in [4.78, 5) is 25.2. The average Bonchev–Trinajstić information content (AvgIpc) is 3.06. The SMILES string of the molecule is CCOC(=O)c1c(-c2ccc(Cl)cc2)csc1NC(=O)c1cccc(C)c1. The molecule has 0 fully saturated rings. The van der Waals surface area contributed by atoms with E-state index in [0.29, 0.717) is 26.7 Å². The summed E-state index contributed by atoms with van der Waals surface area (Å²) < 4.78 is 5.21. The molecule has 0 bridgehead atoms. The minimum absolute atomic E-state index is 0.250. The minimum Gasteiger partial charge on any atom is -0.462 e.